The van der Waals surface area contributed by atoms with Crippen molar-refractivity contribution in [2.24, 2.45) is 5.92 Å². The summed E-state index contributed by atoms with van der Waals surface area (Å²) in [6.45, 7) is 6.27. The summed E-state index contributed by atoms with van der Waals surface area (Å²) in [5.74, 6) is 1.26. The standard InChI is InChI=1S/C27H39N3O5S2/c1-18-9-12-20(13-10-18)30(15-7-6-8-19-11-14-21(34-4)22(16-19)35-5)26(33)29-25-28-17-23(36-25)37-27(2,3)24(31)32/h11,14,16-18,20H,6-10,12-13,15H2,1-5H3,(H,31,32)(H,28,29,33)/t18-,20-. The number of thiazole rings is 1. The molecule has 1 saturated carbocycles. The zero-order chi connectivity index (χ0) is 27.0. The topological polar surface area (TPSA) is 101 Å². The van der Waals surface area contributed by atoms with Crippen molar-refractivity contribution in [1.29, 1.82) is 0 Å². The van der Waals surface area contributed by atoms with Crippen molar-refractivity contribution >= 4 is 40.2 Å². The van der Waals surface area contributed by atoms with Crippen molar-refractivity contribution < 1.29 is 24.2 Å². The molecule has 0 radical (unpaired) electrons. The van der Waals surface area contributed by atoms with Crippen molar-refractivity contribution in [3.8, 4) is 11.5 Å². The predicted molar refractivity (Wildman–Crippen MR) is 149 cm³/mol. The summed E-state index contributed by atoms with van der Waals surface area (Å²) < 4.78 is 10.5. The number of unbranched alkanes of at least 4 members (excludes halogenated alkanes) is 1. The maximum absolute atomic E-state index is 13.4. The second kappa shape index (κ2) is 13.4. The number of ether oxygens (including phenoxy) is 2. The lowest BCUT2D eigenvalue weighted by molar-refractivity contribution is -0.138. The third kappa shape index (κ3) is 8.26. The van der Waals surface area contributed by atoms with Gasteiger partial charge < -0.3 is 19.5 Å². The minimum atomic E-state index is -0.966. The molecule has 2 aromatic rings. The fraction of sp³-hybridized carbons (Fsp3) is 0.593. The number of urea groups is 1. The monoisotopic (exact) mass is 549 g/mol. The SMILES string of the molecule is COc1ccc(CCCCN(C(=O)Nc2ncc(SC(C)(C)C(=O)O)s2)[C@H]2CC[C@H](C)CC2)cc1OC. The van der Waals surface area contributed by atoms with Crippen molar-refractivity contribution in [2.75, 3.05) is 26.1 Å². The molecular weight excluding hydrogens is 510 g/mol. The number of aliphatic carboxylic acids is 1. The number of nitrogens with one attached hydrogen (secondary N) is 1. The molecule has 1 heterocycles. The van der Waals surface area contributed by atoms with Gasteiger partial charge in [-0.3, -0.25) is 10.1 Å². The van der Waals surface area contributed by atoms with Crippen molar-refractivity contribution in [3.05, 3.63) is 30.0 Å². The number of carboxylic acid groups (broad SMARTS) is 1. The van der Waals surface area contributed by atoms with E-state index in [1.165, 1.54) is 28.7 Å². The molecule has 0 spiro atoms. The average molecular weight is 550 g/mol. The summed E-state index contributed by atoms with van der Waals surface area (Å²) in [7, 11) is 3.27. The number of anilines is 1. The Morgan fingerprint density at radius 1 is 1.16 bits per heavy atom. The van der Waals surface area contributed by atoms with Crippen LogP contribution >= 0.6 is 23.1 Å². The number of hydrogen-bond donors (Lipinski definition) is 2. The zero-order valence-electron chi connectivity index (χ0n) is 22.4. The zero-order valence-corrected chi connectivity index (χ0v) is 24.0. The summed E-state index contributed by atoms with van der Waals surface area (Å²) >= 11 is 2.54. The van der Waals surface area contributed by atoms with Gasteiger partial charge in [0.1, 0.15) is 4.75 Å². The van der Waals surface area contributed by atoms with Crippen molar-refractivity contribution in [1.82, 2.24) is 9.88 Å². The van der Waals surface area contributed by atoms with E-state index < -0.39 is 10.7 Å². The van der Waals surface area contributed by atoms with Crippen LogP contribution in [0.1, 0.15) is 64.9 Å². The molecule has 1 aliphatic rings. The molecule has 1 aromatic carbocycles. The van der Waals surface area contributed by atoms with Crippen LogP contribution in [-0.4, -0.2) is 58.5 Å². The number of rotatable bonds is 12. The smallest absolute Gasteiger partial charge is 0.323 e. The number of aryl methyl sites for hydroxylation is 1. The Hall–Kier alpha value is -2.46. The van der Waals surface area contributed by atoms with Gasteiger partial charge >= 0.3 is 12.0 Å². The van der Waals surface area contributed by atoms with Crippen LogP contribution in [0.25, 0.3) is 0 Å². The van der Waals surface area contributed by atoms with Crippen LogP contribution in [0.5, 0.6) is 11.5 Å². The van der Waals surface area contributed by atoms with Crippen molar-refractivity contribution in [3.63, 3.8) is 0 Å². The first-order chi connectivity index (χ1) is 17.6. The van der Waals surface area contributed by atoms with Gasteiger partial charge in [0.25, 0.3) is 0 Å². The Kier molecular flexibility index (Phi) is 10.5. The highest BCUT2D eigenvalue weighted by molar-refractivity contribution is 8.03. The van der Waals surface area contributed by atoms with Crippen LogP contribution in [0.2, 0.25) is 0 Å². The number of thioether (sulfide) groups is 1. The van der Waals surface area contributed by atoms with Gasteiger partial charge in [0.2, 0.25) is 0 Å². The lowest BCUT2D eigenvalue weighted by atomic mass is 9.86. The first-order valence-electron chi connectivity index (χ1n) is 12.8. The molecule has 0 unspecified atom stereocenters. The largest absolute Gasteiger partial charge is 0.493 e. The fourth-order valence-electron chi connectivity index (χ4n) is 4.47. The molecule has 8 nitrogen and oxygen atoms in total. The Bertz CT molecular complexity index is 1050. The molecule has 0 aliphatic heterocycles. The van der Waals surface area contributed by atoms with Gasteiger partial charge in [-0.15, -0.1) is 0 Å². The number of nitrogens with zero attached hydrogens (tertiary/aromatic N) is 2. The molecular formula is C27H39N3O5S2. The van der Waals surface area contributed by atoms with E-state index in [1.807, 2.05) is 17.0 Å². The number of amides is 2. The maximum atomic E-state index is 13.4. The molecule has 204 valence electrons. The van der Waals surface area contributed by atoms with Crippen LogP contribution in [-0.2, 0) is 11.2 Å². The van der Waals surface area contributed by atoms with E-state index in [1.54, 1.807) is 34.3 Å². The minimum Gasteiger partial charge on any atom is -0.493 e. The van der Waals surface area contributed by atoms with Crippen molar-refractivity contribution in [2.45, 2.75) is 80.7 Å². The lowest BCUT2D eigenvalue weighted by Crippen LogP contribution is -2.45. The van der Waals surface area contributed by atoms with Gasteiger partial charge in [0.05, 0.1) is 24.6 Å². The third-order valence-electron chi connectivity index (χ3n) is 6.82. The van der Waals surface area contributed by atoms with E-state index in [2.05, 4.69) is 23.3 Å². The van der Waals surface area contributed by atoms with Crippen LogP contribution in [0, 0.1) is 5.92 Å². The second-order valence-electron chi connectivity index (χ2n) is 10.1. The van der Waals surface area contributed by atoms with Gasteiger partial charge in [-0.2, -0.15) is 0 Å². The highest BCUT2D eigenvalue weighted by Gasteiger charge is 2.30. The number of aromatic nitrogens is 1. The van der Waals surface area contributed by atoms with E-state index >= 15 is 0 Å². The molecule has 2 amide bonds. The molecule has 1 aromatic heterocycles. The minimum absolute atomic E-state index is 0.130. The molecule has 2 N–H and O–H groups in total. The van der Waals surface area contributed by atoms with Crippen LogP contribution in [0.3, 0.4) is 0 Å². The molecule has 0 bridgehead atoms. The van der Waals surface area contributed by atoms with E-state index in [0.29, 0.717) is 17.6 Å². The first-order valence-corrected chi connectivity index (χ1v) is 14.4. The Morgan fingerprint density at radius 2 is 1.86 bits per heavy atom. The number of carbonyl (C=O) groups excluding carboxylic acids is 1. The normalized spacial score (nSPS) is 17.8. The van der Waals surface area contributed by atoms with Crippen LogP contribution in [0.15, 0.2) is 28.6 Å². The Balaban J connectivity index is 1.60. The molecule has 37 heavy (non-hydrogen) atoms. The summed E-state index contributed by atoms with van der Waals surface area (Å²) in [4.78, 5) is 31.1. The number of benzene rings is 1. The van der Waals surface area contributed by atoms with Crippen LogP contribution < -0.4 is 14.8 Å². The second-order valence-corrected chi connectivity index (χ2v) is 13.0. The lowest BCUT2D eigenvalue weighted by Gasteiger charge is -2.36. The van der Waals surface area contributed by atoms with E-state index in [9.17, 15) is 14.7 Å². The predicted octanol–water partition coefficient (Wildman–Crippen LogP) is 6.55. The number of carbonyl (C=O) groups is 2. The van der Waals surface area contributed by atoms with E-state index in [0.717, 1.165) is 60.7 Å². The summed E-state index contributed by atoms with van der Waals surface area (Å²) in [6.07, 6.45) is 8.64. The van der Waals surface area contributed by atoms with Gasteiger partial charge in [0.15, 0.2) is 16.6 Å². The number of methoxy groups -OCH3 is 2. The average Bonchev–Trinajstić information content (AvgIpc) is 3.30. The summed E-state index contributed by atoms with van der Waals surface area (Å²) in [5.41, 5.74) is 1.18. The third-order valence-corrected chi connectivity index (χ3v) is 9.02. The van der Waals surface area contributed by atoms with E-state index in [-0.39, 0.29) is 12.1 Å². The van der Waals surface area contributed by atoms with E-state index in [4.69, 9.17) is 9.47 Å². The fourth-order valence-corrected chi connectivity index (χ4v) is 6.74. The quantitative estimate of drug-likeness (QED) is 0.229. The summed E-state index contributed by atoms with van der Waals surface area (Å²) in [6, 6.07) is 6.08. The molecule has 0 atom stereocenters. The number of hydrogen-bond acceptors (Lipinski definition) is 7. The molecule has 1 aliphatic carbocycles. The Labute approximate surface area is 228 Å². The van der Waals surface area contributed by atoms with Gasteiger partial charge in [-0.05, 0) is 82.4 Å². The maximum Gasteiger partial charge on any atom is 0.323 e. The highest BCUT2D eigenvalue weighted by atomic mass is 32.2. The molecule has 1 fully saturated rings. The van der Waals surface area contributed by atoms with Gasteiger partial charge in [0, 0.05) is 12.6 Å². The molecule has 3 rings (SSSR count). The van der Waals surface area contributed by atoms with Crippen LogP contribution in [0.4, 0.5) is 9.93 Å². The molecule has 10 heteroatoms. The van der Waals surface area contributed by atoms with Gasteiger partial charge in [-0.25, -0.2) is 9.78 Å². The number of carboxylic acids is 1. The summed E-state index contributed by atoms with van der Waals surface area (Å²) in [5, 5.41) is 12.9. The highest BCUT2D eigenvalue weighted by Crippen LogP contribution is 2.38. The first kappa shape index (κ1) is 29.1. The Morgan fingerprint density at radius 3 is 2.51 bits per heavy atom. The van der Waals surface area contributed by atoms with Gasteiger partial charge in [-0.1, -0.05) is 36.1 Å². The molecule has 0 saturated heterocycles.